The predicted molar refractivity (Wildman–Crippen MR) is 122 cm³/mol. The fourth-order valence-electron chi connectivity index (χ4n) is 4.08. The molecule has 1 fully saturated rings. The van der Waals surface area contributed by atoms with Crippen LogP contribution < -0.4 is 15.5 Å². The van der Waals surface area contributed by atoms with E-state index in [0.717, 1.165) is 24.4 Å². The standard InChI is InChI=1S/C25H28N2O4/c1-17(27-13-4-3-5-14-27)16-26-25(29)21-8-6-7-20-22(28)15-23(31-24(20)21)18-9-11-19(30-2)12-10-18/h6-12,15,17H,3-5,13-14,16H2,1-2H3,(H,26,29). The van der Waals surface area contributed by atoms with E-state index in [0.29, 0.717) is 28.8 Å². The van der Waals surface area contributed by atoms with E-state index in [1.807, 2.05) is 12.1 Å². The number of carbonyl (C=O) groups excluding carboxylic acids is 1. The highest BCUT2D eigenvalue weighted by Gasteiger charge is 2.19. The van der Waals surface area contributed by atoms with Crippen molar-refractivity contribution in [2.75, 3.05) is 26.7 Å². The van der Waals surface area contributed by atoms with Crippen molar-refractivity contribution >= 4 is 16.9 Å². The summed E-state index contributed by atoms with van der Waals surface area (Å²) in [6.45, 7) is 4.84. The second kappa shape index (κ2) is 9.35. The molecule has 31 heavy (non-hydrogen) atoms. The Balaban J connectivity index is 1.60. The first-order valence-corrected chi connectivity index (χ1v) is 10.8. The van der Waals surface area contributed by atoms with Crippen molar-refractivity contribution in [3.63, 3.8) is 0 Å². The summed E-state index contributed by atoms with van der Waals surface area (Å²) >= 11 is 0. The molecule has 1 atom stereocenters. The molecule has 0 bridgehead atoms. The molecular weight excluding hydrogens is 392 g/mol. The van der Waals surface area contributed by atoms with Gasteiger partial charge in [-0.15, -0.1) is 0 Å². The lowest BCUT2D eigenvalue weighted by atomic mass is 10.1. The Labute approximate surface area is 181 Å². The number of ether oxygens (including phenoxy) is 1. The normalized spacial score (nSPS) is 15.5. The highest BCUT2D eigenvalue weighted by Crippen LogP contribution is 2.26. The predicted octanol–water partition coefficient (Wildman–Crippen LogP) is 4.07. The van der Waals surface area contributed by atoms with Crippen LogP contribution in [0.1, 0.15) is 36.5 Å². The highest BCUT2D eigenvalue weighted by atomic mass is 16.5. The van der Waals surface area contributed by atoms with Crippen LogP contribution in [-0.4, -0.2) is 43.6 Å². The number of piperidine rings is 1. The Morgan fingerprint density at radius 3 is 2.58 bits per heavy atom. The molecule has 1 unspecified atom stereocenters. The van der Waals surface area contributed by atoms with Gasteiger partial charge in [0, 0.05) is 24.2 Å². The summed E-state index contributed by atoms with van der Waals surface area (Å²) in [6, 6.07) is 14.1. The maximum absolute atomic E-state index is 13.0. The van der Waals surface area contributed by atoms with E-state index in [2.05, 4.69) is 17.1 Å². The number of likely N-dealkylation sites (tertiary alicyclic amines) is 1. The van der Waals surface area contributed by atoms with Crippen LogP contribution in [0.15, 0.2) is 57.7 Å². The number of para-hydroxylation sites is 1. The molecule has 1 aliphatic rings. The third kappa shape index (κ3) is 4.64. The van der Waals surface area contributed by atoms with Crippen LogP contribution in [0.4, 0.5) is 0 Å². The number of rotatable bonds is 6. The van der Waals surface area contributed by atoms with Crippen molar-refractivity contribution < 1.29 is 13.9 Å². The number of benzene rings is 2. The summed E-state index contributed by atoms with van der Waals surface area (Å²) in [5.41, 5.74) is 1.25. The zero-order valence-corrected chi connectivity index (χ0v) is 18.0. The lowest BCUT2D eigenvalue weighted by molar-refractivity contribution is 0.0930. The molecule has 0 aliphatic carbocycles. The van der Waals surface area contributed by atoms with Crippen LogP contribution >= 0.6 is 0 Å². The van der Waals surface area contributed by atoms with E-state index in [9.17, 15) is 9.59 Å². The van der Waals surface area contributed by atoms with Gasteiger partial charge >= 0.3 is 0 Å². The first-order chi connectivity index (χ1) is 15.1. The molecule has 4 rings (SSSR count). The highest BCUT2D eigenvalue weighted by molar-refractivity contribution is 6.04. The SMILES string of the molecule is COc1ccc(-c2cc(=O)c3cccc(C(=O)NCC(C)N4CCCCC4)c3o2)cc1. The molecule has 1 aliphatic heterocycles. The van der Waals surface area contributed by atoms with Gasteiger partial charge in [0.05, 0.1) is 18.1 Å². The third-order valence-electron chi connectivity index (χ3n) is 5.95. The summed E-state index contributed by atoms with van der Waals surface area (Å²) in [6.07, 6.45) is 3.70. The molecule has 6 nitrogen and oxygen atoms in total. The summed E-state index contributed by atoms with van der Waals surface area (Å²) < 4.78 is 11.3. The smallest absolute Gasteiger partial charge is 0.255 e. The number of fused-ring (bicyclic) bond motifs is 1. The minimum absolute atomic E-state index is 0.177. The van der Waals surface area contributed by atoms with Gasteiger partial charge in [-0.2, -0.15) is 0 Å². The van der Waals surface area contributed by atoms with Crippen LogP contribution in [0.5, 0.6) is 5.75 Å². The van der Waals surface area contributed by atoms with Crippen molar-refractivity contribution in [2.24, 2.45) is 0 Å². The molecule has 1 aromatic heterocycles. The summed E-state index contributed by atoms with van der Waals surface area (Å²) in [4.78, 5) is 28.1. The maximum Gasteiger partial charge on any atom is 0.255 e. The summed E-state index contributed by atoms with van der Waals surface area (Å²) in [5.74, 6) is 0.904. The maximum atomic E-state index is 13.0. The van der Waals surface area contributed by atoms with Gasteiger partial charge in [0.1, 0.15) is 11.5 Å². The molecule has 0 radical (unpaired) electrons. The minimum atomic E-state index is -0.232. The van der Waals surface area contributed by atoms with Crippen molar-refractivity contribution in [3.05, 3.63) is 64.3 Å². The number of hydrogen-bond acceptors (Lipinski definition) is 5. The molecule has 1 saturated heterocycles. The number of carbonyl (C=O) groups is 1. The molecule has 1 amide bonds. The lowest BCUT2D eigenvalue weighted by Crippen LogP contribution is -2.44. The number of hydrogen-bond donors (Lipinski definition) is 1. The number of methoxy groups -OCH3 is 1. The molecular formula is C25H28N2O4. The van der Waals surface area contributed by atoms with Crippen LogP contribution in [0.3, 0.4) is 0 Å². The molecule has 2 aromatic carbocycles. The van der Waals surface area contributed by atoms with Gasteiger partial charge in [-0.1, -0.05) is 12.5 Å². The van der Waals surface area contributed by atoms with E-state index in [-0.39, 0.29) is 17.4 Å². The van der Waals surface area contributed by atoms with Crippen LogP contribution in [0.25, 0.3) is 22.3 Å². The zero-order valence-electron chi connectivity index (χ0n) is 18.0. The Morgan fingerprint density at radius 2 is 1.87 bits per heavy atom. The van der Waals surface area contributed by atoms with Crippen molar-refractivity contribution in [2.45, 2.75) is 32.2 Å². The zero-order chi connectivity index (χ0) is 21.8. The quantitative estimate of drug-likeness (QED) is 0.651. The minimum Gasteiger partial charge on any atom is -0.497 e. The van der Waals surface area contributed by atoms with E-state index >= 15 is 0 Å². The Morgan fingerprint density at radius 1 is 1.13 bits per heavy atom. The fraction of sp³-hybridized carbons (Fsp3) is 0.360. The molecule has 3 aromatic rings. The summed E-state index contributed by atoms with van der Waals surface area (Å²) in [7, 11) is 1.60. The van der Waals surface area contributed by atoms with Gasteiger partial charge in [0.2, 0.25) is 0 Å². The topological polar surface area (TPSA) is 71.8 Å². The average Bonchev–Trinajstić information content (AvgIpc) is 2.82. The van der Waals surface area contributed by atoms with E-state index in [4.69, 9.17) is 9.15 Å². The third-order valence-corrected chi connectivity index (χ3v) is 5.95. The summed E-state index contributed by atoms with van der Waals surface area (Å²) in [5, 5.41) is 3.42. The van der Waals surface area contributed by atoms with Gasteiger partial charge in [-0.25, -0.2) is 0 Å². The second-order valence-corrected chi connectivity index (χ2v) is 8.04. The lowest BCUT2D eigenvalue weighted by Gasteiger charge is -2.32. The molecule has 6 heteroatoms. The van der Waals surface area contributed by atoms with Crippen molar-refractivity contribution in [1.82, 2.24) is 10.2 Å². The van der Waals surface area contributed by atoms with Crippen molar-refractivity contribution in [3.8, 4) is 17.1 Å². The van der Waals surface area contributed by atoms with Gasteiger partial charge < -0.3 is 14.5 Å². The first-order valence-electron chi connectivity index (χ1n) is 10.8. The van der Waals surface area contributed by atoms with Gasteiger partial charge in [-0.05, 0) is 69.3 Å². The van der Waals surface area contributed by atoms with Gasteiger partial charge in [0.25, 0.3) is 5.91 Å². The number of nitrogens with one attached hydrogen (secondary N) is 1. The molecule has 0 spiro atoms. The second-order valence-electron chi connectivity index (χ2n) is 8.04. The number of amides is 1. The largest absolute Gasteiger partial charge is 0.497 e. The van der Waals surface area contributed by atoms with Crippen LogP contribution in [0.2, 0.25) is 0 Å². The number of nitrogens with zero attached hydrogens (tertiary/aromatic N) is 1. The van der Waals surface area contributed by atoms with Crippen molar-refractivity contribution in [1.29, 1.82) is 0 Å². The van der Waals surface area contributed by atoms with E-state index in [1.165, 1.54) is 25.3 Å². The molecule has 0 saturated carbocycles. The van der Waals surface area contributed by atoms with Gasteiger partial charge in [0.15, 0.2) is 11.0 Å². The molecule has 162 valence electrons. The Bertz CT molecular complexity index is 1110. The van der Waals surface area contributed by atoms with E-state index < -0.39 is 0 Å². The Hall–Kier alpha value is -3.12. The monoisotopic (exact) mass is 420 g/mol. The fourth-order valence-corrected chi connectivity index (χ4v) is 4.08. The molecule has 2 heterocycles. The van der Waals surface area contributed by atoms with Crippen LogP contribution in [0, 0.1) is 0 Å². The first kappa shape index (κ1) is 21.1. The van der Waals surface area contributed by atoms with E-state index in [1.54, 1.807) is 37.4 Å². The Kier molecular flexibility index (Phi) is 6.37. The molecule has 1 N–H and O–H groups in total. The van der Waals surface area contributed by atoms with Crippen LogP contribution in [-0.2, 0) is 0 Å². The van der Waals surface area contributed by atoms with Gasteiger partial charge in [-0.3, -0.25) is 14.5 Å². The average molecular weight is 421 g/mol.